The molecular weight excluding hydrogens is 326 g/mol. The van der Waals surface area contributed by atoms with Crippen molar-refractivity contribution in [3.63, 3.8) is 0 Å². The molecule has 1 aromatic carbocycles. The lowest BCUT2D eigenvalue weighted by Crippen LogP contribution is -2.30. The number of aromatic amines is 1. The van der Waals surface area contributed by atoms with Crippen LogP contribution in [0.2, 0.25) is 0 Å². The minimum absolute atomic E-state index is 0.281. The zero-order chi connectivity index (χ0) is 18.1. The Bertz CT molecular complexity index is 942. The van der Waals surface area contributed by atoms with Gasteiger partial charge in [-0.15, -0.1) is 0 Å². The van der Waals surface area contributed by atoms with E-state index in [0.717, 1.165) is 53.4 Å². The second-order valence-corrected chi connectivity index (χ2v) is 7.12. The summed E-state index contributed by atoms with van der Waals surface area (Å²) in [6, 6.07) is 9.91. The molecule has 0 aliphatic heterocycles. The molecule has 3 aromatic rings. The predicted octanol–water partition coefficient (Wildman–Crippen LogP) is 3.36. The van der Waals surface area contributed by atoms with Gasteiger partial charge in [0.25, 0.3) is 0 Å². The summed E-state index contributed by atoms with van der Waals surface area (Å²) in [6.45, 7) is 0. The molecule has 0 saturated heterocycles. The van der Waals surface area contributed by atoms with Crippen LogP contribution in [0.4, 0.5) is 5.82 Å². The minimum atomic E-state index is -0.321. The summed E-state index contributed by atoms with van der Waals surface area (Å²) in [6.07, 6.45) is 7.39. The van der Waals surface area contributed by atoms with Crippen LogP contribution in [0.5, 0.6) is 0 Å². The van der Waals surface area contributed by atoms with Gasteiger partial charge >= 0.3 is 0 Å². The van der Waals surface area contributed by atoms with E-state index in [-0.39, 0.29) is 17.7 Å². The summed E-state index contributed by atoms with van der Waals surface area (Å²) in [5, 5.41) is 7.83. The second-order valence-electron chi connectivity index (χ2n) is 7.12. The summed E-state index contributed by atoms with van der Waals surface area (Å²) in [5.74, 6) is 0.165. The standard InChI is InChI=1S/C20H23N5O/c21-19-15-10-13(6-7-16(15)24-25-19)14-8-9-23-17(11-14)18(20(22)26)12-4-2-1-3-5-12/h6-12,18H,1-5H2,(H2,22,26)(H3,21,24,25). The quantitative estimate of drug-likeness (QED) is 0.670. The van der Waals surface area contributed by atoms with Crippen molar-refractivity contribution in [2.24, 2.45) is 11.7 Å². The van der Waals surface area contributed by atoms with Crippen LogP contribution in [0.3, 0.4) is 0 Å². The lowest BCUT2D eigenvalue weighted by molar-refractivity contribution is -0.121. The summed E-state index contributed by atoms with van der Waals surface area (Å²) in [5.41, 5.74) is 15.4. The number of carbonyl (C=O) groups is 1. The van der Waals surface area contributed by atoms with Crippen molar-refractivity contribution < 1.29 is 4.79 Å². The first-order chi connectivity index (χ1) is 12.6. The molecule has 2 aromatic heterocycles. The zero-order valence-corrected chi connectivity index (χ0v) is 14.6. The van der Waals surface area contributed by atoms with Crippen LogP contribution in [-0.2, 0) is 4.79 Å². The predicted molar refractivity (Wildman–Crippen MR) is 102 cm³/mol. The number of fused-ring (bicyclic) bond motifs is 1. The van der Waals surface area contributed by atoms with Gasteiger partial charge in [0.2, 0.25) is 5.91 Å². The number of primary amides is 1. The maximum Gasteiger partial charge on any atom is 0.226 e. The van der Waals surface area contributed by atoms with Crippen LogP contribution in [0.25, 0.3) is 22.0 Å². The van der Waals surface area contributed by atoms with Gasteiger partial charge in [-0.25, -0.2) is 0 Å². The van der Waals surface area contributed by atoms with Crippen molar-refractivity contribution in [2.45, 2.75) is 38.0 Å². The van der Waals surface area contributed by atoms with Crippen LogP contribution < -0.4 is 11.5 Å². The summed E-state index contributed by atoms with van der Waals surface area (Å²) < 4.78 is 0. The highest BCUT2D eigenvalue weighted by molar-refractivity contribution is 5.92. The van der Waals surface area contributed by atoms with E-state index in [9.17, 15) is 4.79 Å². The van der Waals surface area contributed by atoms with Crippen LogP contribution in [0.1, 0.15) is 43.7 Å². The van der Waals surface area contributed by atoms with Gasteiger partial charge < -0.3 is 11.5 Å². The molecule has 0 bridgehead atoms. The SMILES string of the molecule is NC(=O)C(c1cc(-c2ccc3[nH]nc(N)c3c2)ccn1)C1CCCCC1. The number of nitrogens with zero attached hydrogens (tertiary/aromatic N) is 2. The molecule has 6 nitrogen and oxygen atoms in total. The second kappa shape index (κ2) is 6.78. The highest BCUT2D eigenvalue weighted by Gasteiger charge is 2.30. The smallest absolute Gasteiger partial charge is 0.226 e. The molecule has 1 fully saturated rings. The van der Waals surface area contributed by atoms with Gasteiger partial charge in [-0.1, -0.05) is 25.3 Å². The molecule has 6 heteroatoms. The Morgan fingerprint density at radius 1 is 1.12 bits per heavy atom. The third kappa shape index (κ3) is 3.03. The number of anilines is 1. The van der Waals surface area contributed by atoms with Gasteiger partial charge in [-0.2, -0.15) is 5.10 Å². The lowest BCUT2D eigenvalue weighted by atomic mass is 9.77. The van der Waals surface area contributed by atoms with Gasteiger partial charge in [-0.3, -0.25) is 14.9 Å². The van der Waals surface area contributed by atoms with Gasteiger partial charge in [0.15, 0.2) is 5.82 Å². The number of rotatable bonds is 4. The molecule has 0 spiro atoms. The molecule has 1 saturated carbocycles. The van der Waals surface area contributed by atoms with E-state index in [1.807, 2.05) is 30.3 Å². The number of aromatic nitrogens is 3. The molecule has 2 heterocycles. The molecule has 1 unspecified atom stereocenters. The number of nitrogen functional groups attached to an aromatic ring is 1. The van der Waals surface area contributed by atoms with Gasteiger partial charge in [0.1, 0.15) is 0 Å². The van der Waals surface area contributed by atoms with E-state index in [4.69, 9.17) is 11.5 Å². The van der Waals surface area contributed by atoms with Gasteiger partial charge in [0, 0.05) is 11.6 Å². The first-order valence-corrected chi connectivity index (χ1v) is 9.13. The Labute approximate surface area is 152 Å². The number of benzene rings is 1. The third-order valence-electron chi connectivity index (χ3n) is 5.45. The number of hydrogen-bond acceptors (Lipinski definition) is 4. The molecular formula is C20H23N5O. The fourth-order valence-corrected chi connectivity index (χ4v) is 4.10. The number of pyridine rings is 1. The zero-order valence-electron chi connectivity index (χ0n) is 14.6. The Hall–Kier alpha value is -2.89. The first kappa shape index (κ1) is 16.6. The van der Waals surface area contributed by atoms with Crippen LogP contribution in [-0.4, -0.2) is 21.1 Å². The summed E-state index contributed by atoms with van der Waals surface area (Å²) in [4.78, 5) is 16.7. The number of carbonyl (C=O) groups excluding carboxylic acids is 1. The van der Waals surface area contributed by atoms with E-state index in [1.165, 1.54) is 6.42 Å². The average molecular weight is 349 g/mol. The fourth-order valence-electron chi connectivity index (χ4n) is 4.10. The molecule has 0 radical (unpaired) electrons. The van der Waals surface area contributed by atoms with Crippen LogP contribution >= 0.6 is 0 Å². The maximum absolute atomic E-state index is 12.2. The molecule has 1 aliphatic rings. The molecule has 134 valence electrons. The molecule has 1 aliphatic carbocycles. The molecule has 1 amide bonds. The normalized spacial score (nSPS) is 16.6. The molecule has 1 atom stereocenters. The average Bonchev–Trinajstić information content (AvgIpc) is 3.03. The number of H-pyrrole nitrogens is 1. The third-order valence-corrected chi connectivity index (χ3v) is 5.45. The number of hydrogen-bond donors (Lipinski definition) is 3. The number of amides is 1. The summed E-state index contributed by atoms with van der Waals surface area (Å²) in [7, 11) is 0. The fraction of sp³-hybridized carbons (Fsp3) is 0.350. The minimum Gasteiger partial charge on any atom is -0.382 e. The molecule has 5 N–H and O–H groups in total. The van der Waals surface area contributed by atoms with Gasteiger partial charge in [0.05, 0.1) is 17.1 Å². The van der Waals surface area contributed by atoms with Crippen LogP contribution in [0.15, 0.2) is 36.5 Å². The van der Waals surface area contributed by atoms with E-state index >= 15 is 0 Å². The Kier molecular flexibility index (Phi) is 4.32. The van der Waals surface area contributed by atoms with Crippen molar-refractivity contribution >= 4 is 22.6 Å². The van der Waals surface area contributed by atoms with E-state index in [2.05, 4.69) is 15.2 Å². The van der Waals surface area contributed by atoms with Crippen molar-refractivity contribution in [1.82, 2.24) is 15.2 Å². The van der Waals surface area contributed by atoms with E-state index in [1.54, 1.807) is 6.20 Å². The highest BCUT2D eigenvalue weighted by atomic mass is 16.1. The first-order valence-electron chi connectivity index (χ1n) is 9.13. The van der Waals surface area contributed by atoms with Crippen molar-refractivity contribution in [3.05, 3.63) is 42.2 Å². The molecule has 4 rings (SSSR count). The Balaban J connectivity index is 1.72. The molecule has 26 heavy (non-hydrogen) atoms. The summed E-state index contributed by atoms with van der Waals surface area (Å²) >= 11 is 0. The van der Waals surface area contributed by atoms with Gasteiger partial charge in [-0.05, 0) is 54.2 Å². The topological polar surface area (TPSA) is 111 Å². The van der Waals surface area contributed by atoms with E-state index in [0.29, 0.717) is 5.82 Å². The number of nitrogens with two attached hydrogens (primary N) is 2. The van der Waals surface area contributed by atoms with E-state index < -0.39 is 0 Å². The van der Waals surface area contributed by atoms with Crippen molar-refractivity contribution in [3.8, 4) is 11.1 Å². The van der Waals surface area contributed by atoms with Crippen LogP contribution in [0, 0.1) is 5.92 Å². The lowest BCUT2D eigenvalue weighted by Gasteiger charge is -2.28. The number of nitrogens with one attached hydrogen (secondary N) is 1. The Morgan fingerprint density at radius 3 is 2.65 bits per heavy atom. The van der Waals surface area contributed by atoms with Crippen molar-refractivity contribution in [2.75, 3.05) is 5.73 Å². The largest absolute Gasteiger partial charge is 0.382 e. The highest BCUT2D eigenvalue weighted by Crippen LogP contribution is 2.36. The Morgan fingerprint density at radius 2 is 1.88 bits per heavy atom. The van der Waals surface area contributed by atoms with Crippen molar-refractivity contribution in [1.29, 1.82) is 0 Å². The maximum atomic E-state index is 12.2. The monoisotopic (exact) mass is 349 g/mol.